The second-order valence-corrected chi connectivity index (χ2v) is 9.19. The number of hydrogen-bond acceptors (Lipinski definition) is 6. The number of amides is 1. The van der Waals surface area contributed by atoms with E-state index in [0.717, 1.165) is 36.7 Å². The summed E-state index contributed by atoms with van der Waals surface area (Å²) in [4.78, 5) is 14.3. The number of unbranched alkanes of at least 4 members (excludes halogenated alkanes) is 1. The summed E-state index contributed by atoms with van der Waals surface area (Å²) in [5.74, 6) is 0.260. The van der Waals surface area contributed by atoms with Gasteiger partial charge in [0.15, 0.2) is 0 Å². The van der Waals surface area contributed by atoms with Gasteiger partial charge < -0.3 is 4.90 Å². The van der Waals surface area contributed by atoms with E-state index in [2.05, 4.69) is 23.5 Å². The average Bonchev–Trinajstić information content (AvgIpc) is 2.68. The average molecular weight is 430 g/mol. The van der Waals surface area contributed by atoms with Gasteiger partial charge in [-0.25, -0.2) is 13.9 Å². The first-order chi connectivity index (χ1) is 13.3. The molecule has 0 bridgehead atoms. The van der Waals surface area contributed by atoms with Crippen LogP contribution in [0.2, 0.25) is 0 Å². The summed E-state index contributed by atoms with van der Waals surface area (Å²) in [5, 5.41) is 8.58. The lowest BCUT2D eigenvalue weighted by atomic mass is 10.2. The Morgan fingerprint density at radius 1 is 1.25 bits per heavy atom. The van der Waals surface area contributed by atoms with E-state index in [-0.39, 0.29) is 5.75 Å². The molecule has 1 rings (SSSR count). The summed E-state index contributed by atoms with van der Waals surface area (Å²) in [6.07, 6.45) is 4.08. The van der Waals surface area contributed by atoms with Gasteiger partial charge in [0, 0.05) is 23.3 Å². The minimum Gasteiger partial charge on any atom is -0.303 e. The molecule has 0 spiro atoms. The number of thioether (sulfide) groups is 1. The lowest BCUT2D eigenvalue weighted by molar-refractivity contribution is -0.124. The second kappa shape index (κ2) is 12.8. The molecule has 0 fully saturated rings. The van der Waals surface area contributed by atoms with Crippen LogP contribution >= 0.6 is 11.8 Å². The van der Waals surface area contributed by atoms with Gasteiger partial charge in [-0.15, -0.1) is 11.8 Å². The highest BCUT2D eigenvalue weighted by Gasteiger charge is 2.14. The lowest BCUT2D eigenvalue weighted by Gasteiger charge is -2.18. The number of anilines is 1. The van der Waals surface area contributed by atoms with E-state index in [0.29, 0.717) is 17.7 Å². The lowest BCUT2D eigenvalue weighted by Crippen LogP contribution is -2.25. The highest BCUT2D eigenvalue weighted by Crippen LogP contribution is 2.30. The van der Waals surface area contributed by atoms with Crippen molar-refractivity contribution in [1.82, 2.24) is 10.4 Å². The molecular weight excluding hydrogens is 398 g/mol. The topological polar surface area (TPSA) is 98.7 Å². The number of hydroxylamine groups is 1. The number of benzene rings is 1. The van der Waals surface area contributed by atoms with Crippen molar-refractivity contribution < 1.29 is 18.4 Å². The van der Waals surface area contributed by atoms with Crippen LogP contribution in [0.25, 0.3) is 6.08 Å². The van der Waals surface area contributed by atoms with Crippen molar-refractivity contribution in [2.75, 3.05) is 35.9 Å². The number of carbonyl (C=O) groups is 1. The smallest absolute Gasteiger partial charge is 0.267 e. The number of nitrogens with one attached hydrogen (secondary N) is 2. The predicted molar refractivity (Wildman–Crippen MR) is 116 cm³/mol. The Labute approximate surface area is 172 Å². The van der Waals surface area contributed by atoms with Crippen molar-refractivity contribution in [2.45, 2.75) is 38.5 Å². The number of sulfonamides is 1. The van der Waals surface area contributed by atoms with Gasteiger partial charge in [0.25, 0.3) is 5.91 Å². The molecule has 158 valence electrons. The van der Waals surface area contributed by atoms with Gasteiger partial charge in [0.2, 0.25) is 10.0 Å². The van der Waals surface area contributed by atoms with E-state index >= 15 is 0 Å². The van der Waals surface area contributed by atoms with Crippen molar-refractivity contribution in [2.24, 2.45) is 0 Å². The highest BCUT2D eigenvalue weighted by atomic mass is 32.2. The minimum absolute atomic E-state index is 0.0695. The summed E-state index contributed by atoms with van der Waals surface area (Å²) < 4.78 is 27.4. The van der Waals surface area contributed by atoms with Gasteiger partial charge >= 0.3 is 0 Å². The van der Waals surface area contributed by atoms with Gasteiger partial charge in [0.05, 0.1) is 11.4 Å². The fourth-order valence-electron chi connectivity index (χ4n) is 2.44. The first-order valence-corrected chi connectivity index (χ1v) is 12.1. The maximum Gasteiger partial charge on any atom is 0.267 e. The normalized spacial score (nSPS) is 11.9. The zero-order valence-electron chi connectivity index (χ0n) is 16.8. The molecule has 0 radical (unpaired) electrons. The Morgan fingerprint density at radius 2 is 1.96 bits per heavy atom. The molecule has 0 atom stereocenters. The van der Waals surface area contributed by atoms with Crippen molar-refractivity contribution >= 4 is 39.5 Å². The third kappa shape index (κ3) is 9.09. The molecule has 0 unspecified atom stereocenters. The SMILES string of the molecule is CCCCS(=O)(=O)Nc1cc(/C=C/C(=O)NO)ccc1SCCN(CC)CC. The Kier molecular flexibility index (Phi) is 11.2. The largest absolute Gasteiger partial charge is 0.303 e. The molecule has 0 aliphatic heterocycles. The molecule has 0 saturated heterocycles. The van der Waals surface area contributed by atoms with Crippen molar-refractivity contribution in [3.63, 3.8) is 0 Å². The molecule has 28 heavy (non-hydrogen) atoms. The maximum atomic E-state index is 12.4. The maximum absolute atomic E-state index is 12.4. The fraction of sp³-hybridized carbons (Fsp3) is 0.526. The van der Waals surface area contributed by atoms with E-state index in [4.69, 9.17) is 5.21 Å². The van der Waals surface area contributed by atoms with Crippen LogP contribution in [0.15, 0.2) is 29.2 Å². The van der Waals surface area contributed by atoms with E-state index < -0.39 is 15.9 Å². The Morgan fingerprint density at radius 3 is 2.57 bits per heavy atom. The molecule has 0 heterocycles. The number of nitrogens with zero attached hydrogens (tertiary/aromatic N) is 1. The summed E-state index contributed by atoms with van der Waals surface area (Å²) in [6.45, 7) is 9.05. The first-order valence-electron chi connectivity index (χ1n) is 9.47. The summed E-state index contributed by atoms with van der Waals surface area (Å²) in [5.41, 5.74) is 2.69. The van der Waals surface area contributed by atoms with E-state index in [1.165, 1.54) is 17.6 Å². The number of carbonyl (C=O) groups excluding carboxylic acids is 1. The quantitative estimate of drug-likeness (QED) is 0.193. The van der Waals surface area contributed by atoms with Crippen LogP contribution in [0, 0.1) is 0 Å². The molecule has 1 amide bonds. The Bertz CT molecular complexity index is 748. The molecule has 0 aliphatic carbocycles. The third-order valence-electron chi connectivity index (χ3n) is 4.13. The van der Waals surface area contributed by atoms with Crippen molar-refractivity contribution in [1.29, 1.82) is 0 Å². The van der Waals surface area contributed by atoms with Crippen molar-refractivity contribution in [3.05, 3.63) is 29.8 Å². The van der Waals surface area contributed by atoms with Gasteiger partial charge in [0.1, 0.15) is 0 Å². The molecule has 3 N–H and O–H groups in total. The predicted octanol–water partition coefficient (Wildman–Crippen LogP) is 3.18. The van der Waals surface area contributed by atoms with Crippen LogP contribution in [0.4, 0.5) is 5.69 Å². The Balaban J connectivity index is 3.02. The fourth-order valence-corrected chi connectivity index (χ4v) is 4.78. The zero-order valence-corrected chi connectivity index (χ0v) is 18.4. The number of hydrogen-bond donors (Lipinski definition) is 3. The van der Waals surface area contributed by atoms with Crippen LogP contribution < -0.4 is 10.2 Å². The molecule has 0 aliphatic rings. The van der Waals surface area contributed by atoms with E-state index in [1.807, 2.05) is 19.1 Å². The number of rotatable bonds is 13. The second-order valence-electron chi connectivity index (χ2n) is 6.21. The molecular formula is C19H31N3O4S2. The van der Waals surface area contributed by atoms with Gasteiger partial charge in [-0.3, -0.25) is 14.7 Å². The minimum atomic E-state index is -3.44. The van der Waals surface area contributed by atoms with Crippen LogP contribution in [0.3, 0.4) is 0 Å². The van der Waals surface area contributed by atoms with E-state index in [1.54, 1.807) is 17.8 Å². The standard InChI is InChI=1S/C19H31N3O4S2/c1-4-7-14-28(25,26)21-17-15-16(9-11-19(23)20-24)8-10-18(17)27-13-12-22(5-2)6-3/h8-11,15,21,24H,4-7,12-14H2,1-3H3,(H,20,23)/b11-9+. The molecule has 7 nitrogen and oxygen atoms in total. The molecule has 1 aromatic rings. The molecule has 0 aromatic heterocycles. The van der Waals surface area contributed by atoms with Gasteiger partial charge in [-0.2, -0.15) is 0 Å². The Hall–Kier alpha value is -1.55. The zero-order chi connectivity index (χ0) is 21.0. The third-order valence-corrected chi connectivity index (χ3v) is 6.54. The summed E-state index contributed by atoms with van der Waals surface area (Å²) in [6, 6.07) is 5.36. The van der Waals surface area contributed by atoms with Crippen molar-refractivity contribution in [3.8, 4) is 0 Å². The van der Waals surface area contributed by atoms with Gasteiger partial charge in [-0.1, -0.05) is 33.3 Å². The van der Waals surface area contributed by atoms with Crippen LogP contribution in [0.1, 0.15) is 39.2 Å². The summed E-state index contributed by atoms with van der Waals surface area (Å²) >= 11 is 1.60. The van der Waals surface area contributed by atoms with Gasteiger partial charge in [-0.05, 0) is 43.3 Å². The van der Waals surface area contributed by atoms with Crippen LogP contribution in [-0.2, 0) is 14.8 Å². The molecule has 1 aromatic carbocycles. The first kappa shape index (κ1) is 24.5. The highest BCUT2D eigenvalue weighted by molar-refractivity contribution is 7.99. The van der Waals surface area contributed by atoms with Crippen LogP contribution in [0.5, 0.6) is 0 Å². The summed E-state index contributed by atoms with van der Waals surface area (Å²) in [7, 11) is -3.44. The molecule has 9 heteroatoms. The van der Waals surface area contributed by atoms with Crippen LogP contribution in [-0.4, -0.2) is 55.6 Å². The van der Waals surface area contributed by atoms with E-state index in [9.17, 15) is 13.2 Å². The monoisotopic (exact) mass is 429 g/mol. The molecule has 0 saturated carbocycles.